The summed E-state index contributed by atoms with van der Waals surface area (Å²) in [6.07, 6.45) is -8.95. The maximum absolute atomic E-state index is 13.3. The molecule has 3 N–H and O–H groups in total. The number of nitrogens with zero attached hydrogens (tertiary/aromatic N) is 2. The molecule has 3 atom stereocenters. The fraction of sp³-hybridized carbons (Fsp3) is 0.286. The van der Waals surface area contributed by atoms with Gasteiger partial charge in [0.1, 0.15) is 17.3 Å². The first kappa shape index (κ1) is 24.6. The fourth-order valence-electron chi connectivity index (χ4n) is 3.17. The minimum Gasteiger partial charge on any atom is -0.481 e. The number of anilines is 2. The number of benzene rings is 2. The molecule has 0 fully saturated rings. The summed E-state index contributed by atoms with van der Waals surface area (Å²) in [4.78, 5) is 14.0. The minimum absolute atomic E-state index is 0.0570. The molecule has 2 aromatic carbocycles. The summed E-state index contributed by atoms with van der Waals surface area (Å²) in [5.41, 5.74) is -1.07. The summed E-state index contributed by atoms with van der Waals surface area (Å²) in [5.74, 6) is -1.05. The third-order valence-electron chi connectivity index (χ3n) is 4.84. The van der Waals surface area contributed by atoms with Crippen molar-refractivity contribution >= 4 is 28.9 Å². The van der Waals surface area contributed by atoms with Crippen LogP contribution in [0.15, 0.2) is 54.2 Å². The lowest BCUT2D eigenvalue weighted by molar-refractivity contribution is -0.133. The second kappa shape index (κ2) is 9.46. The lowest BCUT2D eigenvalue weighted by Gasteiger charge is -2.43. The Morgan fingerprint density at radius 2 is 1.91 bits per heavy atom. The van der Waals surface area contributed by atoms with Crippen LogP contribution in [0.5, 0.6) is 5.75 Å². The number of hydrogen-bond acceptors (Lipinski definition) is 6. The zero-order valence-corrected chi connectivity index (χ0v) is 18.1. The van der Waals surface area contributed by atoms with E-state index in [1.54, 1.807) is 0 Å². The molecule has 12 heteroatoms. The highest BCUT2D eigenvalue weighted by molar-refractivity contribution is 6.33. The first-order valence-corrected chi connectivity index (χ1v) is 9.95. The summed E-state index contributed by atoms with van der Waals surface area (Å²) in [6.45, 7) is 1.43. The number of halogens is 5. The van der Waals surface area contributed by atoms with Gasteiger partial charge in [0.2, 0.25) is 6.35 Å². The van der Waals surface area contributed by atoms with Crippen molar-refractivity contribution in [2.24, 2.45) is 0 Å². The Bertz CT molecular complexity index is 1070. The van der Waals surface area contributed by atoms with E-state index in [9.17, 15) is 32.6 Å². The first-order valence-electron chi connectivity index (χ1n) is 9.57. The van der Waals surface area contributed by atoms with E-state index >= 15 is 0 Å². The van der Waals surface area contributed by atoms with Crippen LogP contribution in [0.3, 0.4) is 0 Å². The molecule has 0 bridgehead atoms. The highest BCUT2D eigenvalue weighted by Gasteiger charge is 2.44. The quantitative estimate of drug-likeness (QED) is 0.556. The van der Waals surface area contributed by atoms with Gasteiger partial charge in [0.05, 0.1) is 10.7 Å². The standard InChI is InChI=1S/C21H20ClF4N3O4/c1-11(33-14-5-3-4-12(23)8-14)19(31)27-16-9-13(6-7-15(16)22)29-18(30)10-17(21(24,25)26)28(2)20(29)32/h3-11,18,20,30,32H,1-2H3,(H,27,31). The normalized spacial score (nSPS) is 19.7. The molecule has 3 unspecified atom stereocenters. The molecule has 0 saturated carbocycles. The molecule has 3 rings (SSSR count). The number of carbonyl (C=O) groups excluding carboxylic acids is 1. The summed E-state index contributed by atoms with van der Waals surface area (Å²) in [6, 6.07) is 9.19. The zero-order valence-electron chi connectivity index (χ0n) is 17.3. The molecule has 0 aliphatic carbocycles. The van der Waals surface area contributed by atoms with Gasteiger partial charge in [-0.3, -0.25) is 9.69 Å². The van der Waals surface area contributed by atoms with Crippen LogP contribution >= 0.6 is 11.6 Å². The number of rotatable bonds is 5. The van der Waals surface area contributed by atoms with Gasteiger partial charge in [-0.25, -0.2) is 4.39 Å². The SMILES string of the molecule is CC(Oc1cccc(F)c1)C(=O)Nc1cc(N2C(O)C=C(C(F)(F)F)N(C)C2O)ccc1Cl. The highest BCUT2D eigenvalue weighted by Crippen LogP contribution is 2.36. The highest BCUT2D eigenvalue weighted by atomic mass is 35.5. The molecule has 178 valence electrons. The predicted molar refractivity (Wildman–Crippen MR) is 113 cm³/mol. The molecule has 0 spiro atoms. The maximum atomic E-state index is 13.3. The average Bonchev–Trinajstić information content (AvgIpc) is 2.72. The summed E-state index contributed by atoms with van der Waals surface area (Å²) >= 11 is 6.13. The maximum Gasteiger partial charge on any atom is 0.431 e. The van der Waals surface area contributed by atoms with E-state index in [4.69, 9.17) is 16.3 Å². The lowest BCUT2D eigenvalue weighted by atomic mass is 10.2. The predicted octanol–water partition coefficient (Wildman–Crippen LogP) is 3.68. The largest absolute Gasteiger partial charge is 0.481 e. The summed E-state index contributed by atoms with van der Waals surface area (Å²) in [7, 11) is 1.02. The van der Waals surface area contributed by atoms with Gasteiger partial charge in [-0.2, -0.15) is 13.2 Å². The Balaban J connectivity index is 1.81. The molecule has 2 aromatic rings. The van der Waals surface area contributed by atoms with E-state index in [1.165, 1.54) is 43.3 Å². The van der Waals surface area contributed by atoms with Crippen LogP contribution < -0.4 is 15.0 Å². The van der Waals surface area contributed by atoms with E-state index in [0.29, 0.717) is 11.0 Å². The molecule has 33 heavy (non-hydrogen) atoms. The monoisotopic (exact) mass is 489 g/mol. The van der Waals surface area contributed by atoms with Gasteiger partial charge in [0.25, 0.3) is 5.91 Å². The minimum atomic E-state index is -4.78. The zero-order chi connectivity index (χ0) is 24.5. The van der Waals surface area contributed by atoms with Crippen molar-refractivity contribution in [2.45, 2.75) is 31.8 Å². The number of nitrogens with one attached hydrogen (secondary N) is 1. The van der Waals surface area contributed by atoms with Crippen LogP contribution in [-0.4, -0.2) is 52.9 Å². The molecular weight excluding hydrogens is 470 g/mol. The number of hydrogen-bond donors (Lipinski definition) is 3. The molecule has 7 nitrogen and oxygen atoms in total. The summed E-state index contributed by atoms with van der Waals surface area (Å²) in [5, 5.41) is 23.2. The first-order chi connectivity index (χ1) is 15.4. The lowest BCUT2D eigenvalue weighted by Crippen LogP contribution is -2.56. The van der Waals surface area contributed by atoms with Crippen LogP contribution in [0, 0.1) is 5.82 Å². The molecular formula is C21H20ClF4N3O4. The number of ether oxygens (including phenoxy) is 1. The Kier molecular flexibility index (Phi) is 7.06. The van der Waals surface area contributed by atoms with Crippen molar-refractivity contribution < 1.29 is 37.3 Å². The molecule has 1 aliphatic heterocycles. The Hall–Kier alpha value is -3.02. The van der Waals surface area contributed by atoms with Crippen molar-refractivity contribution in [1.82, 2.24) is 4.90 Å². The molecule has 0 saturated heterocycles. The molecule has 1 heterocycles. The average molecular weight is 490 g/mol. The van der Waals surface area contributed by atoms with Gasteiger partial charge in [-0.1, -0.05) is 17.7 Å². The molecule has 1 aliphatic rings. The Labute approximate surface area is 191 Å². The van der Waals surface area contributed by atoms with Crippen LogP contribution in [-0.2, 0) is 4.79 Å². The Morgan fingerprint density at radius 3 is 2.55 bits per heavy atom. The molecule has 1 amide bonds. The second-order valence-electron chi connectivity index (χ2n) is 7.20. The third kappa shape index (κ3) is 5.49. The number of alkyl halides is 3. The van der Waals surface area contributed by atoms with Crippen molar-refractivity contribution in [3.05, 3.63) is 65.1 Å². The number of aliphatic hydroxyl groups is 2. The van der Waals surface area contributed by atoms with E-state index in [1.807, 2.05) is 0 Å². The number of allylic oxidation sites excluding steroid dienone is 1. The van der Waals surface area contributed by atoms with Gasteiger partial charge in [0.15, 0.2) is 12.3 Å². The van der Waals surface area contributed by atoms with E-state index in [0.717, 1.165) is 18.0 Å². The van der Waals surface area contributed by atoms with E-state index in [-0.39, 0.29) is 22.1 Å². The summed E-state index contributed by atoms with van der Waals surface area (Å²) < 4.78 is 58.1. The molecule has 0 radical (unpaired) electrons. The van der Waals surface area contributed by atoms with Crippen molar-refractivity contribution in [3.63, 3.8) is 0 Å². The molecule has 0 aromatic heterocycles. The van der Waals surface area contributed by atoms with Gasteiger partial charge in [0, 0.05) is 18.8 Å². The van der Waals surface area contributed by atoms with Gasteiger partial charge < -0.3 is 25.2 Å². The fourth-order valence-corrected chi connectivity index (χ4v) is 3.33. The topological polar surface area (TPSA) is 85.3 Å². The van der Waals surface area contributed by atoms with Crippen LogP contribution in [0.4, 0.5) is 28.9 Å². The van der Waals surface area contributed by atoms with Gasteiger partial charge in [-0.15, -0.1) is 0 Å². The van der Waals surface area contributed by atoms with Crippen molar-refractivity contribution in [1.29, 1.82) is 0 Å². The second-order valence-corrected chi connectivity index (χ2v) is 7.61. The third-order valence-corrected chi connectivity index (χ3v) is 5.17. The van der Waals surface area contributed by atoms with Crippen molar-refractivity contribution in [3.8, 4) is 5.75 Å². The van der Waals surface area contributed by atoms with E-state index in [2.05, 4.69) is 5.32 Å². The van der Waals surface area contributed by atoms with Gasteiger partial charge >= 0.3 is 6.18 Å². The number of carbonyl (C=O) groups is 1. The van der Waals surface area contributed by atoms with Crippen LogP contribution in [0.1, 0.15) is 6.92 Å². The van der Waals surface area contributed by atoms with Crippen molar-refractivity contribution in [2.75, 3.05) is 17.3 Å². The van der Waals surface area contributed by atoms with Gasteiger partial charge in [-0.05, 0) is 43.3 Å². The van der Waals surface area contributed by atoms with Crippen LogP contribution in [0.2, 0.25) is 5.02 Å². The van der Waals surface area contributed by atoms with E-state index < -0.39 is 42.3 Å². The smallest absolute Gasteiger partial charge is 0.431 e. The Morgan fingerprint density at radius 1 is 1.21 bits per heavy atom. The number of aliphatic hydroxyl groups excluding tert-OH is 2. The van der Waals surface area contributed by atoms with Crippen LogP contribution in [0.25, 0.3) is 0 Å². The number of amides is 1.